The lowest BCUT2D eigenvalue weighted by Gasteiger charge is -2.35. The molecule has 0 aromatic rings. The van der Waals surface area contributed by atoms with Crippen molar-refractivity contribution in [3.8, 4) is 0 Å². The van der Waals surface area contributed by atoms with Gasteiger partial charge in [-0.15, -0.1) is 0 Å². The van der Waals surface area contributed by atoms with Gasteiger partial charge in [0.2, 0.25) is 0 Å². The Balaban J connectivity index is 1.87. The lowest BCUT2D eigenvalue weighted by atomic mass is 9.55. The summed E-state index contributed by atoms with van der Waals surface area (Å²) in [5.74, 6) is 0.138. The number of rotatable bonds is 5. The van der Waals surface area contributed by atoms with E-state index in [1.54, 1.807) is 0 Å². The monoisotopic (exact) mass is 292 g/mol. The summed E-state index contributed by atoms with van der Waals surface area (Å²) in [4.78, 5) is 0. The second-order valence-electron chi connectivity index (χ2n) is 5.64. The van der Waals surface area contributed by atoms with E-state index >= 15 is 0 Å². The molecule has 2 heterocycles. The molecule has 2 aliphatic rings. The Hall–Kier alpha value is 0.150. The van der Waals surface area contributed by atoms with Crippen LogP contribution in [0.25, 0.3) is 0 Å². The maximum atomic E-state index is 5.84. The summed E-state index contributed by atoms with van der Waals surface area (Å²) in [6.45, 7) is 9.90. The van der Waals surface area contributed by atoms with Gasteiger partial charge in [-0.2, -0.15) is 0 Å². The van der Waals surface area contributed by atoms with E-state index in [1.807, 2.05) is 27.5 Å². The maximum absolute atomic E-state index is 5.84. The molecule has 1 unspecified atom stereocenters. The van der Waals surface area contributed by atoms with Crippen LogP contribution in [0.5, 0.6) is 0 Å². The minimum Gasteiger partial charge on any atom is -0.453 e. The molecule has 2 aliphatic heterocycles. The van der Waals surface area contributed by atoms with Crippen molar-refractivity contribution in [1.82, 2.24) is 0 Å². The van der Waals surface area contributed by atoms with E-state index in [0.29, 0.717) is 6.32 Å². The van der Waals surface area contributed by atoms with Crippen LogP contribution in [0.3, 0.4) is 0 Å². The fraction of sp³-hybridized carbons (Fsp3) is 1.00. The number of hydrogen-bond acceptors (Lipinski definition) is 6. The molecular formula is C9H22B6O6. The van der Waals surface area contributed by atoms with Crippen molar-refractivity contribution in [1.29, 1.82) is 0 Å². The molecule has 0 N–H and O–H groups in total. The van der Waals surface area contributed by atoms with Gasteiger partial charge in [-0.25, -0.2) is 0 Å². The van der Waals surface area contributed by atoms with Crippen LogP contribution < -0.4 is 0 Å². The van der Waals surface area contributed by atoms with Crippen LogP contribution in [0.1, 0.15) is 20.8 Å². The van der Waals surface area contributed by atoms with Gasteiger partial charge in [-0.3, -0.25) is 0 Å². The first kappa shape index (κ1) is 17.5. The van der Waals surface area contributed by atoms with E-state index in [4.69, 9.17) is 27.4 Å². The van der Waals surface area contributed by atoms with Crippen molar-refractivity contribution in [3.63, 3.8) is 0 Å². The summed E-state index contributed by atoms with van der Waals surface area (Å²) in [6, 6.07) is 0. The van der Waals surface area contributed by atoms with Gasteiger partial charge in [-0.05, 0) is 38.4 Å². The second kappa shape index (κ2) is 8.13. The summed E-state index contributed by atoms with van der Waals surface area (Å²) >= 11 is 0. The summed E-state index contributed by atoms with van der Waals surface area (Å²) in [6.07, 6.45) is 2.30. The first-order valence-corrected chi connectivity index (χ1v) is 7.94. The average Bonchev–Trinajstić information content (AvgIpc) is 2.45. The lowest BCUT2D eigenvalue weighted by Crippen LogP contribution is -2.51. The van der Waals surface area contributed by atoms with E-state index in [1.165, 1.54) is 0 Å². The Bertz CT molecular complexity index is 305. The highest BCUT2D eigenvalue weighted by molar-refractivity contribution is 6.76. The van der Waals surface area contributed by atoms with E-state index in [2.05, 4.69) is 6.92 Å². The van der Waals surface area contributed by atoms with Crippen molar-refractivity contribution < 1.29 is 27.4 Å². The molecule has 1 atom stereocenters. The van der Waals surface area contributed by atoms with Gasteiger partial charge in [0.1, 0.15) is 0 Å². The molecule has 21 heavy (non-hydrogen) atoms. The van der Waals surface area contributed by atoms with E-state index in [9.17, 15) is 0 Å². The minimum atomic E-state index is -0.297. The Morgan fingerprint density at radius 1 is 0.714 bits per heavy atom. The zero-order chi connectivity index (χ0) is 15.4. The van der Waals surface area contributed by atoms with E-state index < -0.39 is 0 Å². The quantitative estimate of drug-likeness (QED) is 0.719. The maximum Gasteiger partial charge on any atom is 0.432 e. The Morgan fingerprint density at radius 2 is 1.24 bits per heavy atom. The molecule has 2 fully saturated rings. The molecule has 0 aromatic carbocycles. The van der Waals surface area contributed by atoms with Gasteiger partial charge >= 0.3 is 42.7 Å². The van der Waals surface area contributed by atoms with Crippen molar-refractivity contribution >= 4 is 42.7 Å². The van der Waals surface area contributed by atoms with Crippen LogP contribution in [0.2, 0.25) is 38.4 Å². The van der Waals surface area contributed by atoms with Gasteiger partial charge in [0.25, 0.3) is 0 Å². The summed E-state index contributed by atoms with van der Waals surface area (Å²) < 4.78 is 34.0. The van der Waals surface area contributed by atoms with Crippen LogP contribution in [0.4, 0.5) is 0 Å². The molecule has 0 radical (unpaired) electrons. The van der Waals surface area contributed by atoms with Crippen LogP contribution in [-0.2, 0) is 27.4 Å². The SMILES string of the molecule is CCB1OB(CC)OB(C(C)CB2OB(C)OB(C)O2)O1. The summed E-state index contributed by atoms with van der Waals surface area (Å²) in [5, 5.41) is 0. The molecule has 0 aliphatic carbocycles. The largest absolute Gasteiger partial charge is 0.453 e. The summed E-state index contributed by atoms with van der Waals surface area (Å²) in [7, 11) is -1.51. The lowest BCUT2D eigenvalue weighted by molar-refractivity contribution is 0.266. The molecule has 0 spiro atoms. The number of hydrogen-bond donors (Lipinski definition) is 0. The van der Waals surface area contributed by atoms with Gasteiger partial charge < -0.3 is 27.4 Å². The fourth-order valence-electron chi connectivity index (χ4n) is 2.54. The standard InChI is InChI=1S/C9H22B6O6/c1-6-12-19-13(7-2)21-15(20-12)9(3)8-14-17-10(4)16-11(5)18-14/h9H,6-8H2,1-5H3. The zero-order valence-electron chi connectivity index (χ0n) is 13.6. The Morgan fingerprint density at radius 3 is 1.71 bits per heavy atom. The molecule has 6 nitrogen and oxygen atoms in total. The third-order valence-corrected chi connectivity index (χ3v) is 3.64. The first-order chi connectivity index (χ1) is 10.0. The smallest absolute Gasteiger partial charge is 0.432 e. The van der Waals surface area contributed by atoms with Crippen LogP contribution in [-0.4, -0.2) is 42.7 Å². The van der Waals surface area contributed by atoms with Crippen LogP contribution in [0, 0.1) is 0 Å². The van der Waals surface area contributed by atoms with E-state index in [0.717, 1.165) is 12.6 Å². The van der Waals surface area contributed by atoms with Crippen molar-refractivity contribution in [3.05, 3.63) is 0 Å². The van der Waals surface area contributed by atoms with Crippen LogP contribution in [0.15, 0.2) is 0 Å². The molecule has 12 heteroatoms. The molecule has 2 saturated heterocycles. The highest BCUT2D eigenvalue weighted by atomic mass is 16.7. The van der Waals surface area contributed by atoms with Gasteiger partial charge in [-0.1, -0.05) is 20.8 Å². The highest BCUT2D eigenvalue weighted by Crippen LogP contribution is 2.27. The molecular weight excluding hydrogens is 269 g/mol. The van der Waals surface area contributed by atoms with Gasteiger partial charge in [0.15, 0.2) is 0 Å². The third-order valence-electron chi connectivity index (χ3n) is 3.64. The minimum absolute atomic E-state index is 0.138. The predicted molar refractivity (Wildman–Crippen MR) is 88.0 cm³/mol. The van der Waals surface area contributed by atoms with Crippen molar-refractivity contribution in [2.45, 2.75) is 59.2 Å². The van der Waals surface area contributed by atoms with E-state index in [-0.39, 0.29) is 48.5 Å². The topological polar surface area (TPSA) is 55.4 Å². The molecule has 112 valence electrons. The van der Waals surface area contributed by atoms with Crippen molar-refractivity contribution in [2.24, 2.45) is 0 Å². The fourth-order valence-corrected chi connectivity index (χ4v) is 2.54. The first-order valence-electron chi connectivity index (χ1n) is 7.94. The normalized spacial score (nSPS) is 22.1. The molecule has 0 saturated carbocycles. The van der Waals surface area contributed by atoms with Gasteiger partial charge in [0, 0.05) is 0 Å². The molecule has 0 amide bonds. The average molecular weight is 291 g/mol. The molecule has 2 rings (SSSR count). The molecule has 0 aromatic heterocycles. The third kappa shape index (κ3) is 5.08. The summed E-state index contributed by atoms with van der Waals surface area (Å²) in [5.41, 5.74) is 0. The molecule has 0 bridgehead atoms. The Labute approximate surface area is 130 Å². The van der Waals surface area contributed by atoms with Crippen molar-refractivity contribution in [2.75, 3.05) is 0 Å². The van der Waals surface area contributed by atoms with Gasteiger partial charge in [0.05, 0.1) is 0 Å². The second-order valence-corrected chi connectivity index (χ2v) is 5.64. The zero-order valence-corrected chi connectivity index (χ0v) is 13.6. The van der Waals surface area contributed by atoms with Crippen LogP contribution >= 0.6 is 0 Å². The Kier molecular flexibility index (Phi) is 6.77. The highest BCUT2D eigenvalue weighted by Gasteiger charge is 2.44. The predicted octanol–water partition coefficient (Wildman–Crippen LogP) is 1.73.